The Kier molecular flexibility index (Phi) is 18.3. The average Bonchev–Trinajstić information content (AvgIpc) is 2.97. The maximum absolute atomic E-state index is 13.1. The Morgan fingerprint density at radius 1 is 0.714 bits per heavy atom. The minimum absolute atomic E-state index is 0.161. The van der Waals surface area contributed by atoms with Crippen LogP contribution in [-0.2, 0) is 22.5 Å². The fourth-order valence-corrected chi connectivity index (χ4v) is 5.56. The Bertz CT molecular complexity index is 958. The molecule has 236 valence electrons. The van der Waals surface area contributed by atoms with E-state index in [4.69, 9.17) is 9.47 Å². The van der Waals surface area contributed by atoms with Gasteiger partial charge in [-0.05, 0) is 30.9 Å². The summed E-state index contributed by atoms with van der Waals surface area (Å²) in [6.45, 7) is 8.22. The van der Waals surface area contributed by atoms with Crippen molar-refractivity contribution in [1.29, 1.82) is 0 Å². The highest BCUT2D eigenvalue weighted by Crippen LogP contribution is 2.24. The summed E-state index contributed by atoms with van der Waals surface area (Å²) >= 11 is 0. The topological polar surface area (TPSA) is 35.5 Å². The molecule has 2 aromatic rings. The summed E-state index contributed by atoms with van der Waals surface area (Å²) < 4.78 is 13.1. The Morgan fingerprint density at radius 3 is 1.90 bits per heavy atom. The molecule has 2 rings (SSSR count). The number of ether oxygens (including phenoxy) is 2. The van der Waals surface area contributed by atoms with E-state index in [1.165, 1.54) is 88.2 Å². The lowest BCUT2D eigenvalue weighted by Crippen LogP contribution is -2.41. The fourth-order valence-electron chi connectivity index (χ4n) is 5.56. The maximum atomic E-state index is 13.1. The third-order valence-corrected chi connectivity index (χ3v) is 8.33. The molecule has 0 aliphatic rings. The summed E-state index contributed by atoms with van der Waals surface area (Å²) in [7, 11) is 4.45. The zero-order valence-electron chi connectivity index (χ0n) is 27.8. The van der Waals surface area contributed by atoms with Crippen molar-refractivity contribution in [3.05, 3.63) is 65.7 Å². The van der Waals surface area contributed by atoms with Gasteiger partial charge in [-0.3, -0.25) is 4.79 Å². The molecule has 0 spiro atoms. The lowest BCUT2D eigenvalue weighted by Gasteiger charge is -2.31. The lowest BCUT2D eigenvalue weighted by molar-refractivity contribution is -0.904. The number of para-hydroxylation sites is 1. The van der Waals surface area contributed by atoms with Crippen molar-refractivity contribution in [1.82, 2.24) is 0 Å². The smallest absolute Gasteiger partial charge is 0.311 e. The second-order valence-electron chi connectivity index (χ2n) is 13.0. The molecule has 0 aromatic heterocycles. The van der Waals surface area contributed by atoms with Crippen LogP contribution in [-0.4, -0.2) is 37.4 Å². The highest BCUT2D eigenvalue weighted by Gasteiger charge is 2.25. The minimum Gasteiger partial charge on any atom is -0.455 e. The number of rotatable bonds is 24. The van der Waals surface area contributed by atoms with Crippen LogP contribution in [0.15, 0.2) is 54.6 Å². The van der Waals surface area contributed by atoms with E-state index in [-0.39, 0.29) is 11.9 Å². The van der Waals surface area contributed by atoms with Gasteiger partial charge in [-0.15, -0.1) is 0 Å². The average molecular weight is 581 g/mol. The van der Waals surface area contributed by atoms with Gasteiger partial charge in [-0.1, -0.05) is 140 Å². The van der Waals surface area contributed by atoms with Gasteiger partial charge in [0.05, 0.1) is 26.6 Å². The predicted molar refractivity (Wildman–Crippen MR) is 178 cm³/mol. The first kappa shape index (κ1) is 35.9. The predicted octanol–water partition coefficient (Wildman–Crippen LogP) is 10.3. The molecule has 0 saturated heterocycles. The van der Waals surface area contributed by atoms with Crippen molar-refractivity contribution in [2.24, 2.45) is 5.92 Å². The largest absolute Gasteiger partial charge is 0.455 e. The van der Waals surface area contributed by atoms with E-state index in [1.807, 2.05) is 25.1 Å². The fraction of sp³-hybridized carbons (Fsp3) is 0.658. The molecule has 2 aromatic carbocycles. The Morgan fingerprint density at radius 2 is 1.29 bits per heavy atom. The van der Waals surface area contributed by atoms with Crippen LogP contribution in [0.25, 0.3) is 0 Å². The molecule has 0 radical (unpaired) electrons. The molecular weight excluding hydrogens is 518 g/mol. The number of quaternary nitrogens is 1. The molecule has 0 bridgehead atoms. The number of carbonyl (C=O) groups excluding carboxylic acids is 1. The zero-order chi connectivity index (χ0) is 30.5. The number of nitrogens with zero attached hydrogens (tertiary/aromatic N) is 1. The number of benzene rings is 2. The van der Waals surface area contributed by atoms with E-state index in [1.54, 1.807) is 0 Å². The van der Waals surface area contributed by atoms with Gasteiger partial charge in [-0.2, -0.15) is 0 Å². The number of carbonyl (C=O) groups is 1. The summed E-state index contributed by atoms with van der Waals surface area (Å²) in [4.78, 5) is 13.1. The SMILES string of the molecule is CCCCCCCCCCCCCCc1ccccc1OC(CCC)OC(=O)C(C)CC[N+](C)(C)Cc1ccccc1. The molecule has 0 aliphatic carbocycles. The van der Waals surface area contributed by atoms with E-state index >= 15 is 0 Å². The Hall–Kier alpha value is -2.33. The van der Waals surface area contributed by atoms with Crippen molar-refractivity contribution >= 4 is 5.97 Å². The van der Waals surface area contributed by atoms with Crippen LogP contribution in [0, 0.1) is 5.92 Å². The van der Waals surface area contributed by atoms with Crippen molar-refractivity contribution in [2.75, 3.05) is 20.6 Å². The monoisotopic (exact) mass is 580 g/mol. The normalized spacial score (nSPS) is 13.1. The first-order valence-electron chi connectivity index (χ1n) is 17.2. The molecule has 2 unspecified atom stereocenters. The van der Waals surface area contributed by atoms with Crippen LogP contribution >= 0.6 is 0 Å². The first-order chi connectivity index (χ1) is 20.3. The van der Waals surface area contributed by atoms with Gasteiger partial charge in [0.15, 0.2) is 0 Å². The van der Waals surface area contributed by atoms with Gasteiger partial charge in [0, 0.05) is 18.4 Å². The van der Waals surface area contributed by atoms with Crippen molar-refractivity contribution in [3.63, 3.8) is 0 Å². The standard InChI is InChI=1S/C38H62NO3/c1-6-8-9-10-11-12-13-14-15-16-17-21-27-35-28-22-23-29-36(35)41-37(24-7-2)42-38(40)33(3)30-31-39(4,5)32-34-25-19-18-20-26-34/h18-20,22-23,25-26,28-29,33,37H,6-17,21,24,27,30-32H2,1-5H3/q+1. The van der Waals surface area contributed by atoms with Gasteiger partial charge in [0.2, 0.25) is 6.29 Å². The van der Waals surface area contributed by atoms with Crippen LogP contribution in [0.3, 0.4) is 0 Å². The van der Waals surface area contributed by atoms with Crippen molar-refractivity contribution < 1.29 is 18.8 Å². The molecule has 2 atom stereocenters. The molecule has 42 heavy (non-hydrogen) atoms. The van der Waals surface area contributed by atoms with Gasteiger partial charge in [0.25, 0.3) is 0 Å². The number of esters is 1. The summed E-state index contributed by atoms with van der Waals surface area (Å²) in [5, 5.41) is 0. The summed E-state index contributed by atoms with van der Waals surface area (Å²) in [6.07, 6.45) is 19.1. The van der Waals surface area contributed by atoms with E-state index in [2.05, 4.69) is 64.3 Å². The maximum Gasteiger partial charge on any atom is 0.311 e. The van der Waals surface area contributed by atoms with Crippen molar-refractivity contribution in [2.45, 2.75) is 136 Å². The van der Waals surface area contributed by atoms with Crippen LogP contribution in [0.4, 0.5) is 0 Å². The third-order valence-electron chi connectivity index (χ3n) is 8.33. The minimum atomic E-state index is -0.542. The molecule has 0 N–H and O–H groups in total. The highest BCUT2D eigenvalue weighted by atomic mass is 16.7. The van der Waals surface area contributed by atoms with Crippen LogP contribution in [0.1, 0.15) is 128 Å². The summed E-state index contributed by atoms with van der Waals surface area (Å²) in [6, 6.07) is 18.8. The Balaban J connectivity index is 1.73. The van der Waals surface area contributed by atoms with Gasteiger partial charge >= 0.3 is 5.97 Å². The number of aryl methyl sites for hydroxylation is 1. The lowest BCUT2D eigenvalue weighted by atomic mass is 10.0. The number of unbranched alkanes of at least 4 members (excludes halogenated alkanes) is 11. The van der Waals surface area contributed by atoms with Crippen molar-refractivity contribution in [3.8, 4) is 5.75 Å². The second kappa shape index (κ2) is 21.4. The molecule has 0 heterocycles. The van der Waals surface area contributed by atoms with E-state index < -0.39 is 6.29 Å². The molecule has 0 aliphatic heterocycles. The molecule has 0 fully saturated rings. The molecular formula is C38H62NO3+. The van der Waals surface area contributed by atoms with E-state index in [0.717, 1.165) is 42.6 Å². The van der Waals surface area contributed by atoms with Crippen LogP contribution in [0.5, 0.6) is 5.75 Å². The third kappa shape index (κ3) is 15.8. The number of hydrogen-bond acceptors (Lipinski definition) is 3. The quantitative estimate of drug-likeness (QED) is 0.0536. The molecule has 0 saturated carbocycles. The Labute approximate surface area is 258 Å². The first-order valence-corrected chi connectivity index (χ1v) is 17.2. The second-order valence-corrected chi connectivity index (χ2v) is 13.0. The van der Waals surface area contributed by atoms with Gasteiger partial charge in [0.1, 0.15) is 12.3 Å². The highest BCUT2D eigenvalue weighted by molar-refractivity contribution is 5.72. The van der Waals surface area contributed by atoms with Gasteiger partial charge < -0.3 is 14.0 Å². The van der Waals surface area contributed by atoms with E-state index in [9.17, 15) is 4.79 Å². The summed E-state index contributed by atoms with van der Waals surface area (Å²) in [5.74, 6) is 0.532. The van der Waals surface area contributed by atoms with E-state index in [0.29, 0.717) is 6.42 Å². The number of hydrogen-bond donors (Lipinski definition) is 0. The van der Waals surface area contributed by atoms with Gasteiger partial charge in [-0.25, -0.2) is 0 Å². The van der Waals surface area contributed by atoms with Crippen LogP contribution in [0.2, 0.25) is 0 Å². The van der Waals surface area contributed by atoms with Crippen LogP contribution < -0.4 is 4.74 Å². The molecule has 0 amide bonds. The molecule has 4 nitrogen and oxygen atoms in total. The molecule has 4 heteroatoms. The summed E-state index contributed by atoms with van der Waals surface area (Å²) in [5.41, 5.74) is 2.53. The zero-order valence-corrected chi connectivity index (χ0v) is 27.8.